The first-order valence-electron chi connectivity index (χ1n) is 13.6. The topological polar surface area (TPSA) is 120 Å². The van der Waals surface area contributed by atoms with Crippen LogP contribution in [0.1, 0.15) is 43.5 Å². The summed E-state index contributed by atoms with van der Waals surface area (Å²) in [4.78, 5) is 22.0. The molecule has 2 aromatic heterocycles. The Hall–Kier alpha value is -3.79. The van der Waals surface area contributed by atoms with Crippen molar-refractivity contribution in [3.8, 4) is 11.6 Å². The van der Waals surface area contributed by atoms with E-state index in [0.717, 1.165) is 24.4 Å². The predicted molar refractivity (Wildman–Crippen MR) is 146 cm³/mol. The van der Waals surface area contributed by atoms with Gasteiger partial charge in [0.15, 0.2) is 5.69 Å². The minimum atomic E-state index is -5.04. The van der Waals surface area contributed by atoms with Crippen LogP contribution in [-0.4, -0.2) is 64.2 Å². The second-order valence-corrected chi connectivity index (χ2v) is 11.1. The molecule has 44 heavy (non-hydrogen) atoms. The first-order chi connectivity index (χ1) is 20.7. The number of nitrogens with zero attached hydrogens (tertiary/aromatic N) is 5. The van der Waals surface area contributed by atoms with E-state index in [1.165, 1.54) is 6.07 Å². The Morgan fingerprint density at radius 2 is 1.89 bits per heavy atom. The Morgan fingerprint density at radius 1 is 1.16 bits per heavy atom. The average molecular weight is 648 g/mol. The lowest BCUT2D eigenvalue weighted by Gasteiger charge is -2.39. The maximum absolute atomic E-state index is 14.5. The molecule has 238 valence electrons. The lowest BCUT2D eigenvalue weighted by atomic mass is 9.76. The molecular weight excluding hydrogens is 620 g/mol. The summed E-state index contributed by atoms with van der Waals surface area (Å²) in [5.74, 6) is -0.873. The summed E-state index contributed by atoms with van der Waals surface area (Å²) in [6, 6.07) is 4.68. The van der Waals surface area contributed by atoms with Gasteiger partial charge in [-0.1, -0.05) is 17.7 Å². The smallest absolute Gasteiger partial charge is 0.435 e. The molecule has 10 nitrogen and oxygen atoms in total. The summed E-state index contributed by atoms with van der Waals surface area (Å²) < 4.78 is 94.0. The van der Waals surface area contributed by atoms with E-state index in [1.54, 1.807) is 6.92 Å². The van der Waals surface area contributed by atoms with Crippen LogP contribution in [0.4, 0.5) is 38.1 Å². The summed E-state index contributed by atoms with van der Waals surface area (Å²) >= 11 is 6.00. The molecule has 0 bridgehead atoms. The number of esters is 1. The van der Waals surface area contributed by atoms with Crippen molar-refractivity contribution in [1.82, 2.24) is 25.1 Å². The van der Waals surface area contributed by atoms with Gasteiger partial charge in [-0.25, -0.2) is 4.68 Å². The van der Waals surface area contributed by atoms with Crippen molar-refractivity contribution in [2.75, 3.05) is 36.9 Å². The van der Waals surface area contributed by atoms with Crippen LogP contribution in [0.3, 0.4) is 0 Å². The minimum absolute atomic E-state index is 0.0313. The van der Waals surface area contributed by atoms with E-state index < -0.39 is 41.6 Å². The number of piperidine rings is 1. The highest BCUT2D eigenvalue weighted by Gasteiger charge is 2.46. The molecule has 2 fully saturated rings. The van der Waals surface area contributed by atoms with Gasteiger partial charge in [-0.3, -0.25) is 4.79 Å². The number of ether oxygens (including phenoxy) is 2. The number of aromatic nitrogens is 4. The van der Waals surface area contributed by atoms with Crippen molar-refractivity contribution in [3.05, 3.63) is 52.8 Å². The van der Waals surface area contributed by atoms with Crippen molar-refractivity contribution in [1.29, 1.82) is 0 Å². The molecule has 17 heteroatoms. The molecule has 0 amide bonds. The maximum Gasteiger partial charge on any atom is 0.435 e. The van der Waals surface area contributed by atoms with Gasteiger partial charge in [-0.05, 0) is 49.8 Å². The van der Waals surface area contributed by atoms with E-state index in [0.29, 0.717) is 49.6 Å². The summed E-state index contributed by atoms with van der Waals surface area (Å²) in [7, 11) is 0. The van der Waals surface area contributed by atoms with E-state index in [4.69, 9.17) is 26.8 Å². The van der Waals surface area contributed by atoms with Crippen molar-refractivity contribution in [2.45, 2.75) is 50.7 Å². The van der Waals surface area contributed by atoms with E-state index in [2.05, 4.69) is 20.4 Å². The molecule has 4 heterocycles. The normalized spacial score (nSPS) is 19.3. The Morgan fingerprint density at radius 3 is 2.52 bits per heavy atom. The molecule has 2 saturated heterocycles. The zero-order valence-corrected chi connectivity index (χ0v) is 24.0. The molecule has 3 N–H and O–H groups in total. The van der Waals surface area contributed by atoms with E-state index in [-0.39, 0.29) is 40.5 Å². The number of carbonyl (C=O) groups is 1. The molecule has 1 spiro atoms. The largest absolute Gasteiger partial charge is 0.465 e. The van der Waals surface area contributed by atoms with Crippen LogP contribution in [0.15, 0.2) is 36.5 Å². The third-order valence-corrected chi connectivity index (χ3v) is 7.96. The maximum atomic E-state index is 14.5. The molecule has 0 radical (unpaired) electrons. The zero-order chi connectivity index (χ0) is 31.9. The Labute approximate surface area is 252 Å². The van der Waals surface area contributed by atoms with Gasteiger partial charge >= 0.3 is 18.3 Å². The number of nitrogens with two attached hydrogens (primary N) is 1. The SMILES string of the molecule is CCOC(=O)[C@@H]1CC2(CCN(c3cc(O[C@H](c4ccc(Cl)cc4-n4ccc(C(F)(F)F)n4)C(F)(F)F)nc(N)n3)CC2)CN1. The number of nitrogen functional groups attached to an aromatic ring is 1. The first-order valence-corrected chi connectivity index (χ1v) is 14.0. The summed E-state index contributed by atoms with van der Waals surface area (Å²) in [6.07, 6.45) is -9.68. The zero-order valence-electron chi connectivity index (χ0n) is 23.3. The number of nitrogens with one attached hydrogen (secondary N) is 1. The molecule has 5 rings (SSSR count). The molecule has 2 aliphatic heterocycles. The molecule has 0 saturated carbocycles. The highest BCUT2D eigenvalue weighted by Crippen LogP contribution is 2.43. The van der Waals surface area contributed by atoms with Gasteiger partial charge in [0.1, 0.15) is 11.9 Å². The van der Waals surface area contributed by atoms with Crippen LogP contribution in [0.25, 0.3) is 5.69 Å². The van der Waals surface area contributed by atoms with Crippen molar-refractivity contribution < 1.29 is 40.6 Å². The van der Waals surface area contributed by atoms with Crippen LogP contribution >= 0.6 is 11.6 Å². The van der Waals surface area contributed by atoms with Gasteiger partial charge in [0.05, 0.1) is 12.3 Å². The van der Waals surface area contributed by atoms with Crippen molar-refractivity contribution in [2.24, 2.45) is 5.41 Å². The predicted octanol–water partition coefficient (Wildman–Crippen LogP) is 5.11. The van der Waals surface area contributed by atoms with E-state index in [9.17, 15) is 31.1 Å². The molecular formula is C27H28ClF6N7O3. The van der Waals surface area contributed by atoms with Crippen LogP contribution in [0.2, 0.25) is 5.02 Å². The quantitative estimate of drug-likeness (QED) is 0.266. The highest BCUT2D eigenvalue weighted by molar-refractivity contribution is 6.30. The van der Waals surface area contributed by atoms with Gasteiger partial charge in [0.25, 0.3) is 0 Å². The average Bonchev–Trinajstić information content (AvgIpc) is 3.60. The van der Waals surface area contributed by atoms with Crippen LogP contribution in [0, 0.1) is 5.41 Å². The lowest BCUT2D eigenvalue weighted by molar-refractivity contribution is -0.198. The minimum Gasteiger partial charge on any atom is -0.465 e. The number of benzene rings is 1. The van der Waals surface area contributed by atoms with Gasteiger partial charge in [0.2, 0.25) is 17.9 Å². The van der Waals surface area contributed by atoms with Crippen LogP contribution < -0.4 is 20.7 Å². The fourth-order valence-electron chi connectivity index (χ4n) is 5.54. The number of hydrogen-bond donors (Lipinski definition) is 2. The molecule has 0 aliphatic carbocycles. The Kier molecular flexibility index (Phi) is 8.59. The molecule has 2 aliphatic rings. The number of anilines is 2. The molecule has 2 atom stereocenters. The van der Waals surface area contributed by atoms with Crippen LogP contribution in [-0.2, 0) is 15.7 Å². The number of carbonyl (C=O) groups excluding carboxylic acids is 1. The van der Waals surface area contributed by atoms with E-state index in [1.807, 2.05) is 4.90 Å². The Balaban J connectivity index is 1.38. The Bertz CT molecular complexity index is 1510. The van der Waals surface area contributed by atoms with Crippen molar-refractivity contribution in [3.63, 3.8) is 0 Å². The standard InChI is InChI=1S/C27H28ClF6N7O3/c1-2-43-23(42)17-13-25(14-36-17)6-9-40(10-7-25)20-12-21(38-24(35)37-20)44-22(27(32,33)34)16-4-3-15(28)11-18(16)41-8-5-19(39-41)26(29,30)31/h3-5,8,11-12,17,22,36H,2,6-7,9-10,13-14H2,1H3,(H2,35,37,38)/t17-,22+/m0/s1. The summed E-state index contributed by atoms with van der Waals surface area (Å²) in [5.41, 5.74) is 3.50. The molecule has 1 aromatic carbocycles. The van der Waals surface area contributed by atoms with Crippen LogP contribution in [0.5, 0.6) is 5.88 Å². The molecule has 3 aromatic rings. The fraction of sp³-hybridized carbons (Fsp3) is 0.481. The lowest BCUT2D eigenvalue weighted by Crippen LogP contribution is -2.41. The molecule has 0 unspecified atom stereocenters. The summed E-state index contributed by atoms with van der Waals surface area (Å²) in [5, 5.41) is 6.58. The first kappa shape index (κ1) is 31.6. The number of halogens is 7. The fourth-order valence-corrected chi connectivity index (χ4v) is 5.71. The van der Waals surface area contributed by atoms with Gasteiger partial charge < -0.3 is 25.4 Å². The van der Waals surface area contributed by atoms with Gasteiger partial charge in [-0.2, -0.15) is 41.4 Å². The van der Waals surface area contributed by atoms with Gasteiger partial charge in [-0.15, -0.1) is 0 Å². The second-order valence-electron chi connectivity index (χ2n) is 10.7. The number of alkyl halides is 6. The number of rotatable bonds is 7. The monoisotopic (exact) mass is 647 g/mol. The third kappa shape index (κ3) is 6.80. The highest BCUT2D eigenvalue weighted by atomic mass is 35.5. The van der Waals surface area contributed by atoms with Crippen molar-refractivity contribution >= 4 is 29.3 Å². The summed E-state index contributed by atoms with van der Waals surface area (Å²) in [6.45, 7) is 3.62. The van der Waals surface area contributed by atoms with Gasteiger partial charge in [0, 0.05) is 42.5 Å². The van der Waals surface area contributed by atoms with E-state index >= 15 is 0 Å². The number of hydrogen-bond acceptors (Lipinski definition) is 9. The second kappa shape index (κ2) is 12.0. The third-order valence-electron chi connectivity index (χ3n) is 7.72.